The van der Waals surface area contributed by atoms with Crippen LogP contribution in [0.1, 0.15) is 59.3 Å². The Morgan fingerprint density at radius 1 is 1.35 bits per heavy atom. The normalized spacial score (nSPS) is 19.4. The molecule has 0 saturated heterocycles. The molecule has 1 rings (SSSR count). The van der Waals surface area contributed by atoms with E-state index in [4.69, 9.17) is 4.74 Å². The van der Waals surface area contributed by atoms with Gasteiger partial charge >= 0.3 is 5.97 Å². The topological polar surface area (TPSA) is 66.4 Å². The van der Waals surface area contributed by atoms with Crippen molar-refractivity contribution < 1.29 is 19.4 Å². The number of carbonyl (C=O) groups is 2. The van der Waals surface area contributed by atoms with Crippen LogP contribution in [0.2, 0.25) is 0 Å². The summed E-state index contributed by atoms with van der Waals surface area (Å²) in [4.78, 5) is 23.7. The highest BCUT2D eigenvalue weighted by Gasteiger charge is 2.40. The minimum Gasteiger partial charge on any atom is -0.550 e. The predicted molar refractivity (Wildman–Crippen MR) is 74.7 cm³/mol. The lowest BCUT2D eigenvalue weighted by atomic mass is 9.76. The van der Waals surface area contributed by atoms with E-state index < -0.39 is 22.9 Å². The lowest BCUT2D eigenvalue weighted by Gasteiger charge is -2.34. The van der Waals surface area contributed by atoms with Crippen molar-refractivity contribution in [3.8, 4) is 0 Å². The average molecular weight is 281 g/mol. The van der Waals surface area contributed by atoms with Crippen LogP contribution in [0.25, 0.3) is 0 Å². The van der Waals surface area contributed by atoms with Gasteiger partial charge in [-0.15, -0.1) is 6.58 Å². The van der Waals surface area contributed by atoms with Crippen molar-refractivity contribution in [3.63, 3.8) is 0 Å². The smallest absolute Gasteiger partial charge is 0.309 e. The second-order valence-electron chi connectivity index (χ2n) is 6.73. The van der Waals surface area contributed by atoms with Gasteiger partial charge in [0, 0.05) is 11.4 Å². The Morgan fingerprint density at radius 3 is 2.30 bits per heavy atom. The molecule has 0 aliphatic heterocycles. The number of carbonyl (C=O) groups excluding carboxylic acids is 2. The van der Waals surface area contributed by atoms with Gasteiger partial charge in [0.05, 0.1) is 5.92 Å². The molecule has 0 aromatic rings. The van der Waals surface area contributed by atoms with E-state index in [1.807, 2.05) is 0 Å². The number of aliphatic carboxylic acids is 1. The molecule has 1 unspecified atom stereocenters. The molecule has 0 bridgehead atoms. The maximum Gasteiger partial charge on any atom is 0.309 e. The largest absolute Gasteiger partial charge is 0.550 e. The van der Waals surface area contributed by atoms with Gasteiger partial charge in [0.15, 0.2) is 0 Å². The van der Waals surface area contributed by atoms with Crippen LogP contribution in [0.5, 0.6) is 0 Å². The van der Waals surface area contributed by atoms with Gasteiger partial charge in [-0.05, 0) is 46.5 Å². The zero-order valence-corrected chi connectivity index (χ0v) is 12.7. The number of ether oxygens (including phenoxy) is 1. The molecule has 1 fully saturated rings. The molecule has 114 valence electrons. The number of rotatable bonds is 6. The van der Waals surface area contributed by atoms with Crippen LogP contribution in [0.4, 0.5) is 0 Å². The first-order chi connectivity index (χ1) is 9.20. The number of carboxylic acids is 1. The Bertz CT molecular complexity index is 372. The molecule has 1 saturated carbocycles. The molecular weight excluding hydrogens is 256 g/mol. The van der Waals surface area contributed by atoms with Gasteiger partial charge in [-0.2, -0.15) is 0 Å². The lowest BCUT2D eigenvalue weighted by Crippen LogP contribution is -2.43. The average Bonchev–Trinajstić information content (AvgIpc) is 2.76. The summed E-state index contributed by atoms with van der Waals surface area (Å²) in [7, 11) is 0. The van der Waals surface area contributed by atoms with Crippen LogP contribution in [-0.2, 0) is 14.3 Å². The monoisotopic (exact) mass is 281 g/mol. The highest BCUT2D eigenvalue weighted by Crippen LogP contribution is 2.43. The first kappa shape index (κ1) is 16.7. The fourth-order valence-electron chi connectivity index (χ4n) is 2.86. The molecule has 0 aromatic carbocycles. The molecule has 0 amide bonds. The molecule has 0 aromatic heterocycles. The Balaban J connectivity index is 2.83. The summed E-state index contributed by atoms with van der Waals surface area (Å²) < 4.78 is 5.39. The van der Waals surface area contributed by atoms with Crippen molar-refractivity contribution in [2.45, 2.75) is 64.9 Å². The van der Waals surface area contributed by atoms with Crippen LogP contribution >= 0.6 is 0 Å². The minimum atomic E-state index is -1.03. The second kappa shape index (κ2) is 6.42. The van der Waals surface area contributed by atoms with Crippen molar-refractivity contribution >= 4 is 11.9 Å². The molecule has 4 nitrogen and oxygen atoms in total. The van der Waals surface area contributed by atoms with Crippen LogP contribution in [-0.4, -0.2) is 17.5 Å². The van der Waals surface area contributed by atoms with Gasteiger partial charge < -0.3 is 14.6 Å². The standard InChI is InChI=1S/C16H26O4/c1-5-8-12(13(17)20-15(2,3)4)11-16(14(18)19)9-6-7-10-16/h5,12H,1,6-11H2,2-4H3,(H,18,19)/p-1. The van der Waals surface area contributed by atoms with E-state index in [9.17, 15) is 14.7 Å². The summed E-state index contributed by atoms with van der Waals surface area (Å²) in [5, 5.41) is 11.5. The Labute approximate surface area is 121 Å². The van der Waals surface area contributed by atoms with Gasteiger partial charge in [-0.3, -0.25) is 4.79 Å². The fourth-order valence-corrected chi connectivity index (χ4v) is 2.86. The van der Waals surface area contributed by atoms with E-state index >= 15 is 0 Å². The van der Waals surface area contributed by atoms with Crippen molar-refractivity contribution in [1.29, 1.82) is 0 Å². The van der Waals surface area contributed by atoms with Crippen LogP contribution in [0.15, 0.2) is 12.7 Å². The van der Waals surface area contributed by atoms with E-state index in [2.05, 4.69) is 6.58 Å². The maximum atomic E-state index is 12.2. The van der Waals surface area contributed by atoms with Crippen LogP contribution < -0.4 is 5.11 Å². The Morgan fingerprint density at radius 2 is 1.90 bits per heavy atom. The highest BCUT2D eigenvalue weighted by atomic mass is 16.6. The summed E-state index contributed by atoms with van der Waals surface area (Å²) in [6.45, 7) is 9.07. The third-order valence-corrected chi connectivity index (χ3v) is 3.82. The van der Waals surface area contributed by atoms with Crippen molar-refractivity contribution in [2.75, 3.05) is 0 Å². The maximum absolute atomic E-state index is 12.2. The molecule has 4 heteroatoms. The number of allylic oxidation sites excluding steroid dienone is 1. The molecule has 0 radical (unpaired) electrons. The van der Waals surface area contributed by atoms with E-state index in [-0.39, 0.29) is 12.4 Å². The molecule has 1 aliphatic rings. The van der Waals surface area contributed by atoms with E-state index in [1.165, 1.54) is 0 Å². The predicted octanol–water partition coefficient (Wildman–Crippen LogP) is 2.22. The second-order valence-corrected chi connectivity index (χ2v) is 6.73. The van der Waals surface area contributed by atoms with Gasteiger partial charge in [-0.1, -0.05) is 18.9 Å². The van der Waals surface area contributed by atoms with Gasteiger partial charge in [0.1, 0.15) is 5.60 Å². The number of carboxylic acid groups (broad SMARTS) is 1. The molecule has 0 heterocycles. The molecular formula is C16H25O4-. The van der Waals surface area contributed by atoms with Crippen LogP contribution in [0, 0.1) is 11.3 Å². The van der Waals surface area contributed by atoms with Gasteiger partial charge in [0.25, 0.3) is 0 Å². The fraction of sp³-hybridized carbons (Fsp3) is 0.750. The summed E-state index contributed by atoms with van der Waals surface area (Å²) in [6.07, 6.45) is 5.30. The number of hydrogen-bond donors (Lipinski definition) is 0. The van der Waals surface area contributed by atoms with Gasteiger partial charge in [0.2, 0.25) is 0 Å². The molecule has 20 heavy (non-hydrogen) atoms. The summed E-state index contributed by atoms with van der Waals surface area (Å²) >= 11 is 0. The number of esters is 1. The Hall–Kier alpha value is -1.32. The summed E-state index contributed by atoms with van der Waals surface area (Å²) in [5.74, 6) is -1.83. The van der Waals surface area contributed by atoms with E-state index in [0.29, 0.717) is 19.3 Å². The van der Waals surface area contributed by atoms with Crippen LogP contribution in [0.3, 0.4) is 0 Å². The molecule has 0 spiro atoms. The molecule has 1 aliphatic carbocycles. The quantitative estimate of drug-likeness (QED) is 0.553. The highest BCUT2D eigenvalue weighted by molar-refractivity contribution is 5.77. The first-order valence-electron chi connectivity index (χ1n) is 7.25. The van der Waals surface area contributed by atoms with Crippen molar-refractivity contribution in [3.05, 3.63) is 12.7 Å². The Kier molecular flexibility index (Phi) is 5.37. The zero-order valence-electron chi connectivity index (χ0n) is 12.7. The molecule has 0 N–H and O–H groups in total. The lowest BCUT2D eigenvalue weighted by molar-refractivity contribution is -0.320. The SMILES string of the molecule is C=CCC(CC1(C(=O)[O-])CCCC1)C(=O)OC(C)(C)C. The zero-order chi connectivity index (χ0) is 15.4. The first-order valence-corrected chi connectivity index (χ1v) is 7.25. The van der Waals surface area contributed by atoms with E-state index in [0.717, 1.165) is 12.8 Å². The van der Waals surface area contributed by atoms with Crippen molar-refractivity contribution in [1.82, 2.24) is 0 Å². The van der Waals surface area contributed by atoms with Gasteiger partial charge in [-0.25, -0.2) is 0 Å². The third kappa shape index (κ3) is 4.36. The minimum absolute atomic E-state index is 0.288. The molecule has 1 atom stereocenters. The van der Waals surface area contributed by atoms with Crippen molar-refractivity contribution in [2.24, 2.45) is 11.3 Å². The van der Waals surface area contributed by atoms with E-state index in [1.54, 1.807) is 26.8 Å². The summed E-state index contributed by atoms with van der Waals surface area (Å²) in [6, 6.07) is 0. The summed E-state index contributed by atoms with van der Waals surface area (Å²) in [5.41, 5.74) is -1.44. The third-order valence-electron chi connectivity index (χ3n) is 3.82. The number of hydrogen-bond acceptors (Lipinski definition) is 4.